The van der Waals surface area contributed by atoms with Crippen LogP contribution in [0.1, 0.15) is 102 Å². The Labute approximate surface area is 171 Å². The number of Topliss-reactive ketones (excluding diaryl/α,β-unsaturated/α-hetero) is 1. The molecule has 0 aromatic rings. The molecule has 0 saturated heterocycles. The quantitative estimate of drug-likeness (QED) is 0.651. The number of ketones is 1. The molecule has 1 N–H and O–H groups in total. The highest BCUT2D eigenvalue weighted by molar-refractivity contribution is 5.75. The lowest BCUT2D eigenvalue weighted by Gasteiger charge is -2.61. The van der Waals surface area contributed by atoms with Crippen molar-refractivity contribution in [1.29, 1.82) is 0 Å². The molecule has 2 heteroatoms. The van der Waals surface area contributed by atoms with Gasteiger partial charge in [0.05, 0.1) is 7.45 Å². The number of hydrogen-bond donors (Lipinski definition) is 1. The van der Waals surface area contributed by atoms with E-state index in [-0.39, 0.29) is 22.5 Å². The van der Waals surface area contributed by atoms with E-state index in [1.54, 1.807) is 0 Å². The molecule has 0 unspecified atom stereocenters. The van der Waals surface area contributed by atoms with E-state index in [2.05, 4.69) is 20.8 Å². The standard InChI is InChI=1S/C25H42O2/c1-16(5-6-17(2)26)21-9-10-22-20-8-7-18-15-19(27)11-13-24(18,3)23(20)12-14-25(21,22)4/h16,18-23,27H,5-15H2,1-4H3/t16-,18+,19+,20+,21-,22+,23+,24+,25-/m1/s1/i6D2,19D. The van der Waals surface area contributed by atoms with Crippen LogP contribution in [-0.4, -0.2) is 17.0 Å². The fourth-order valence-corrected chi connectivity index (χ4v) is 8.48. The first-order valence-electron chi connectivity index (χ1n) is 13.0. The summed E-state index contributed by atoms with van der Waals surface area (Å²) < 4.78 is 24.5. The Morgan fingerprint density at radius 1 is 1.11 bits per heavy atom. The van der Waals surface area contributed by atoms with Gasteiger partial charge in [0.25, 0.3) is 0 Å². The molecule has 0 radical (unpaired) electrons. The van der Waals surface area contributed by atoms with Gasteiger partial charge in [0.15, 0.2) is 0 Å². The first kappa shape index (κ1) is 16.4. The first-order valence-corrected chi connectivity index (χ1v) is 11.5. The molecule has 0 aromatic heterocycles. The normalized spacial score (nSPS) is 55.3. The lowest BCUT2D eigenvalue weighted by Crippen LogP contribution is -2.54. The van der Waals surface area contributed by atoms with Crippen molar-refractivity contribution in [2.75, 3.05) is 0 Å². The van der Waals surface area contributed by atoms with Crippen molar-refractivity contribution in [3.8, 4) is 0 Å². The number of rotatable bonds is 4. The highest BCUT2D eigenvalue weighted by Crippen LogP contribution is 2.68. The molecular weight excluding hydrogens is 332 g/mol. The number of aliphatic hydroxyl groups is 1. The second-order valence-electron chi connectivity index (χ2n) is 11.1. The predicted octanol–water partition coefficient (Wildman–Crippen LogP) is 6.01. The van der Waals surface area contributed by atoms with E-state index in [0.717, 1.165) is 18.8 Å². The zero-order chi connectivity index (χ0) is 22.1. The summed E-state index contributed by atoms with van der Waals surface area (Å²) in [5.74, 6) is 3.05. The molecule has 0 amide bonds. The number of carbonyl (C=O) groups excluding carboxylic acids is 1. The van der Waals surface area contributed by atoms with Crippen molar-refractivity contribution in [1.82, 2.24) is 0 Å². The number of fused-ring (bicyclic) bond motifs is 5. The average molecular weight is 378 g/mol. The van der Waals surface area contributed by atoms with E-state index in [0.29, 0.717) is 42.9 Å². The minimum Gasteiger partial charge on any atom is -0.393 e. The Morgan fingerprint density at radius 2 is 1.81 bits per heavy atom. The summed E-state index contributed by atoms with van der Waals surface area (Å²) in [5, 5.41) is 10.4. The summed E-state index contributed by atoms with van der Waals surface area (Å²) in [6.45, 7) is 8.50. The summed E-state index contributed by atoms with van der Waals surface area (Å²) in [6.07, 6.45) is 6.94. The molecule has 2 nitrogen and oxygen atoms in total. The maximum absolute atomic E-state index is 11.8. The molecule has 4 saturated carbocycles. The number of hydrogen-bond acceptors (Lipinski definition) is 2. The third-order valence-electron chi connectivity index (χ3n) is 9.93. The van der Waals surface area contributed by atoms with Crippen LogP contribution in [0.15, 0.2) is 0 Å². The van der Waals surface area contributed by atoms with Crippen molar-refractivity contribution >= 4 is 5.78 Å². The van der Waals surface area contributed by atoms with Gasteiger partial charge in [0, 0.05) is 9.11 Å². The molecule has 4 fully saturated rings. The van der Waals surface area contributed by atoms with Crippen molar-refractivity contribution in [2.45, 2.75) is 104 Å². The fourth-order valence-electron chi connectivity index (χ4n) is 8.48. The van der Waals surface area contributed by atoms with E-state index in [1.165, 1.54) is 39.0 Å². The highest BCUT2D eigenvalue weighted by atomic mass is 16.3. The maximum Gasteiger partial charge on any atom is 0.129 e. The molecule has 4 rings (SSSR count). The van der Waals surface area contributed by atoms with Gasteiger partial charge in [-0.3, -0.25) is 0 Å². The van der Waals surface area contributed by atoms with Crippen LogP contribution in [0.3, 0.4) is 0 Å². The second kappa shape index (κ2) is 7.15. The summed E-state index contributed by atoms with van der Waals surface area (Å²) in [4.78, 5) is 11.8. The van der Waals surface area contributed by atoms with Crippen LogP contribution in [-0.2, 0) is 4.79 Å². The van der Waals surface area contributed by atoms with Crippen LogP contribution in [0.2, 0.25) is 0 Å². The van der Waals surface area contributed by atoms with E-state index < -0.39 is 12.5 Å². The Kier molecular flexibility index (Phi) is 4.35. The molecule has 0 heterocycles. The van der Waals surface area contributed by atoms with Crippen LogP contribution in [0.5, 0.6) is 0 Å². The fraction of sp³-hybridized carbons (Fsp3) is 0.960. The van der Waals surface area contributed by atoms with Gasteiger partial charge in [0.2, 0.25) is 0 Å². The van der Waals surface area contributed by atoms with Gasteiger partial charge >= 0.3 is 0 Å². The highest BCUT2D eigenvalue weighted by Gasteiger charge is 2.60. The van der Waals surface area contributed by atoms with E-state index in [1.807, 2.05) is 0 Å². The lowest BCUT2D eigenvalue weighted by molar-refractivity contribution is -0.129. The Hall–Kier alpha value is -0.370. The summed E-state index contributed by atoms with van der Waals surface area (Å²) in [6, 6.07) is 0. The van der Waals surface area contributed by atoms with Crippen molar-refractivity contribution in [2.24, 2.45) is 46.3 Å². The molecule has 9 atom stereocenters. The molecule has 27 heavy (non-hydrogen) atoms. The van der Waals surface area contributed by atoms with Gasteiger partial charge in [0.1, 0.15) is 5.78 Å². The first-order chi connectivity index (χ1) is 13.8. The number of carbonyl (C=O) groups is 1. The van der Waals surface area contributed by atoms with Crippen molar-refractivity contribution < 1.29 is 14.0 Å². The van der Waals surface area contributed by atoms with Crippen LogP contribution in [0.4, 0.5) is 0 Å². The Morgan fingerprint density at radius 3 is 2.56 bits per heavy atom. The maximum atomic E-state index is 11.8. The zero-order valence-corrected chi connectivity index (χ0v) is 17.9. The topological polar surface area (TPSA) is 37.3 Å². The van der Waals surface area contributed by atoms with Crippen LogP contribution >= 0.6 is 0 Å². The van der Waals surface area contributed by atoms with Gasteiger partial charge in [-0.1, -0.05) is 20.8 Å². The summed E-state index contributed by atoms with van der Waals surface area (Å²) >= 11 is 0. The molecule has 0 bridgehead atoms. The molecule has 0 aliphatic heterocycles. The summed E-state index contributed by atoms with van der Waals surface area (Å²) in [7, 11) is 0. The lowest BCUT2D eigenvalue weighted by atomic mass is 9.44. The molecule has 4 aliphatic carbocycles. The van der Waals surface area contributed by atoms with Gasteiger partial charge in [-0.25, -0.2) is 0 Å². The summed E-state index contributed by atoms with van der Waals surface area (Å²) in [5.41, 5.74) is 0.537. The van der Waals surface area contributed by atoms with Crippen LogP contribution in [0, 0.1) is 46.3 Å². The zero-order valence-electron chi connectivity index (χ0n) is 20.9. The Balaban J connectivity index is 1.52. The molecule has 4 aliphatic rings. The molecule has 154 valence electrons. The second-order valence-corrected chi connectivity index (χ2v) is 11.1. The largest absolute Gasteiger partial charge is 0.393 e. The van der Waals surface area contributed by atoms with Crippen molar-refractivity contribution in [3.05, 3.63) is 0 Å². The average Bonchev–Trinajstić information content (AvgIpc) is 2.99. The van der Waals surface area contributed by atoms with Gasteiger partial charge in [-0.05, 0) is 117 Å². The Bertz CT molecular complexity index is 692. The smallest absolute Gasteiger partial charge is 0.129 e. The minimum atomic E-state index is -1.70. The predicted molar refractivity (Wildman–Crippen MR) is 110 cm³/mol. The molecular formula is C25H42O2. The van der Waals surface area contributed by atoms with E-state index >= 15 is 0 Å². The van der Waals surface area contributed by atoms with Gasteiger partial charge < -0.3 is 9.90 Å². The third-order valence-corrected chi connectivity index (χ3v) is 9.93. The third kappa shape index (κ3) is 3.22. The van der Waals surface area contributed by atoms with E-state index in [9.17, 15) is 9.90 Å². The SMILES string of the molecule is [2H]C([2H])(C[C@@H](C)[C@H]1CC[C@H]2[C@@H]3CC[C@H]4C[C@@]([2H])(O)CC[C@]4(C)[C@H]3CC[C@]12C)C(C)=O. The van der Waals surface area contributed by atoms with E-state index in [4.69, 9.17) is 4.11 Å². The van der Waals surface area contributed by atoms with Crippen LogP contribution < -0.4 is 0 Å². The molecule has 0 aromatic carbocycles. The van der Waals surface area contributed by atoms with Crippen LogP contribution in [0.25, 0.3) is 0 Å². The van der Waals surface area contributed by atoms with Crippen molar-refractivity contribution in [3.63, 3.8) is 0 Å². The minimum absolute atomic E-state index is 0.232. The molecule has 0 spiro atoms. The monoisotopic (exact) mass is 377 g/mol. The van der Waals surface area contributed by atoms with Gasteiger partial charge in [-0.2, -0.15) is 0 Å². The van der Waals surface area contributed by atoms with Gasteiger partial charge in [-0.15, -0.1) is 0 Å².